The summed E-state index contributed by atoms with van der Waals surface area (Å²) >= 11 is 0. The fourth-order valence-corrected chi connectivity index (χ4v) is 1.92. The quantitative estimate of drug-likeness (QED) is 0.804. The van der Waals surface area contributed by atoms with Gasteiger partial charge in [-0.2, -0.15) is 0 Å². The van der Waals surface area contributed by atoms with E-state index < -0.39 is 11.7 Å². The topological polar surface area (TPSA) is 68.8 Å². The van der Waals surface area contributed by atoms with Gasteiger partial charge in [0.25, 0.3) is 0 Å². The third-order valence-electron chi connectivity index (χ3n) is 2.83. The number of hydrogen-bond acceptors (Lipinski definition) is 5. The molecule has 0 saturated carbocycles. The second-order valence-corrected chi connectivity index (χ2v) is 6.23. The third kappa shape index (κ3) is 7.13. The summed E-state index contributed by atoms with van der Waals surface area (Å²) in [6.45, 7) is 10.4. The number of ether oxygens (including phenoxy) is 3. The lowest BCUT2D eigenvalue weighted by molar-refractivity contribution is 0.0526. The second kappa shape index (κ2) is 8.50. The molecule has 0 aliphatic rings. The number of carbonyl (C=O) groups is 1. The fourth-order valence-electron chi connectivity index (χ4n) is 1.92. The van der Waals surface area contributed by atoms with Crippen LogP contribution in [0.4, 0.5) is 10.5 Å². The van der Waals surface area contributed by atoms with E-state index in [0.717, 1.165) is 5.69 Å². The van der Waals surface area contributed by atoms with Gasteiger partial charge in [-0.15, -0.1) is 0 Å². The summed E-state index contributed by atoms with van der Waals surface area (Å²) in [7, 11) is 1.61. The molecule has 0 spiro atoms. The van der Waals surface area contributed by atoms with Crippen molar-refractivity contribution in [1.29, 1.82) is 0 Å². The van der Waals surface area contributed by atoms with E-state index in [1.165, 1.54) is 0 Å². The number of hydrogen-bond donors (Lipinski definition) is 2. The molecule has 1 rings (SSSR count). The Bertz CT molecular complexity index is 512. The molecule has 2 N–H and O–H groups in total. The number of rotatable bonds is 7. The van der Waals surface area contributed by atoms with Crippen molar-refractivity contribution in [3.63, 3.8) is 0 Å². The van der Waals surface area contributed by atoms with Gasteiger partial charge in [0, 0.05) is 24.3 Å². The summed E-state index contributed by atoms with van der Waals surface area (Å²) < 4.78 is 16.0. The highest BCUT2D eigenvalue weighted by atomic mass is 16.6. The predicted molar refractivity (Wildman–Crippen MR) is 91.5 cm³/mol. The summed E-state index contributed by atoms with van der Waals surface area (Å²) in [5.41, 5.74) is 0.399. The molecule has 130 valence electrons. The Labute approximate surface area is 138 Å². The predicted octanol–water partition coefficient (Wildman–Crippen LogP) is 3.42. The Morgan fingerprint density at radius 3 is 2.52 bits per heavy atom. The van der Waals surface area contributed by atoms with Crippen molar-refractivity contribution in [3.05, 3.63) is 18.2 Å². The normalized spacial score (nSPS) is 12.3. The molecule has 6 heteroatoms. The molecule has 0 aliphatic carbocycles. The van der Waals surface area contributed by atoms with Crippen LogP contribution in [0.15, 0.2) is 18.2 Å². The Hall–Kier alpha value is -2.11. The molecule has 1 unspecified atom stereocenters. The molecule has 0 saturated heterocycles. The van der Waals surface area contributed by atoms with E-state index in [0.29, 0.717) is 24.7 Å². The number of anilines is 1. The first-order valence-corrected chi connectivity index (χ1v) is 7.79. The van der Waals surface area contributed by atoms with Crippen molar-refractivity contribution in [2.24, 2.45) is 0 Å². The van der Waals surface area contributed by atoms with Gasteiger partial charge >= 0.3 is 6.09 Å². The number of methoxy groups -OCH3 is 1. The SMILES string of the molecule is CCOc1cc(NC(C)CNC(=O)OC(C)(C)C)ccc1OC. The molecule has 23 heavy (non-hydrogen) atoms. The smallest absolute Gasteiger partial charge is 0.407 e. The minimum Gasteiger partial charge on any atom is -0.493 e. The number of amides is 1. The maximum Gasteiger partial charge on any atom is 0.407 e. The highest BCUT2D eigenvalue weighted by Crippen LogP contribution is 2.30. The molecule has 0 bridgehead atoms. The molecule has 6 nitrogen and oxygen atoms in total. The van der Waals surface area contributed by atoms with Gasteiger partial charge in [0.05, 0.1) is 13.7 Å². The van der Waals surface area contributed by atoms with Gasteiger partial charge in [0.1, 0.15) is 5.60 Å². The number of benzene rings is 1. The van der Waals surface area contributed by atoms with Gasteiger partial charge in [0.2, 0.25) is 0 Å². The zero-order valence-corrected chi connectivity index (χ0v) is 14.9. The van der Waals surface area contributed by atoms with Gasteiger partial charge in [0.15, 0.2) is 11.5 Å². The van der Waals surface area contributed by atoms with Gasteiger partial charge in [-0.25, -0.2) is 4.79 Å². The summed E-state index contributed by atoms with van der Waals surface area (Å²) in [4.78, 5) is 11.6. The van der Waals surface area contributed by atoms with Crippen molar-refractivity contribution in [3.8, 4) is 11.5 Å². The standard InChI is InChI=1S/C17H28N2O4/c1-7-22-15-10-13(8-9-14(15)21-6)19-12(2)11-18-16(20)23-17(3,4)5/h8-10,12,19H,7,11H2,1-6H3,(H,18,20). The van der Waals surface area contributed by atoms with Crippen LogP contribution >= 0.6 is 0 Å². The third-order valence-corrected chi connectivity index (χ3v) is 2.83. The lowest BCUT2D eigenvalue weighted by atomic mass is 10.2. The summed E-state index contributed by atoms with van der Waals surface area (Å²) in [5, 5.41) is 6.05. The minimum atomic E-state index is -0.497. The summed E-state index contributed by atoms with van der Waals surface area (Å²) in [6, 6.07) is 5.67. The Morgan fingerprint density at radius 1 is 1.26 bits per heavy atom. The van der Waals surface area contributed by atoms with Crippen LogP contribution in [-0.2, 0) is 4.74 Å². The number of carbonyl (C=O) groups excluding carboxylic acids is 1. The highest BCUT2D eigenvalue weighted by Gasteiger charge is 2.16. The molecular weight excluding hydrogens is 296 g/mol. The van der Waals surface area contributed by atoms with Crippen molar-refractivity contribution in [1.82, 2.24) is 5.32 Å². The zero-order valence-electron chi connectivity index (χ0n) is 14.9. The van der Waals surface area contributed by atoms with Crippen LogP contribution in [0.25, 0.3) is 0 Å². The first-order valence-electron chi connectivity index (χ1n) is 7.79. The minimum absolute atomic E-state index is 0.0328. The van der Waals surface area contributed by atoms with Crippen LogP contribution in [0.2, 0.25) is 0 Å². The van der Waals surface area contributed by atoms with E-state index in [9.17, 15) is 4.79 Å². The maximum absolute atomic E-state index is 11.6. The zero-order chi connectivity index (χ0) is 17.5. The van der Waals surface area contributed by atoms with Crippen LogP contribution in [-0.4, -0.2) is 38.0 Å². The van der Waals surface area contributed by atoms with Gasteiger partial charge in [-0.05, 0) is 46.8 Å². The molecule has 0 aliphatic heterocycles. The van der Waals surface area contributed by atoms with Crippen molar-refractivity contribution in [2.45, 2.75) is 46.3 Å². The van der Waals surface area contributed by atoms with Gasteiger partial charge in [-0.3, -0.25) is 0 Å². The van der Waals surface area contributed by atoms with Crippen molar-refractivity contribution in [2.75, 3.05) is 25.6 Å². The molecule has 1 amide bonds. The van der Waals surface area contributed by atoms with Gasteiger partial charge in [-0.1, -0.05) is 0 Å². The Morgan fingerprint density at radius 2 is 1.96 bits per heavy atom. The van der Waals surface area contributed by atoms with E-state index in [2.05, 4.69) is 10.6 Å². The first-order chi connectivity index (χ1) is 10.7. The first kappa shape index (κ1) is 18.9. The van der Waals surface area contributed by atoms with E-state index in [-0.39, 0.29) is 6.04 Å². The van der Waals surface area contributed by atoms with E-state index in [1.54, 1.807) is 7.11 Å². The highest BCUT2D eigenvalue weighted by molar-refractivity contribution is 5.67. The lowest BCUT2D eigenvalue weighted by Gasteiger charge is -2.21. The Balaban J connectivity index is 2.55. The van der Waals surface area contributed by atoms with E-state index >= 15 is 0 Å². The van der Waals surface area contributed by atoms with Crippen molar-refractivity contribution < 1.29 is 19.0 Å². The van der Waals surface area contributed by atoms with E-state index in [4.69, 9.17) is 14.2 Å². The summed E-state index contributed by atoms with van der Waals surface area (Å²) in [5.74, 6) is 1.38. The van der Waals surface area contributed by atoms with Gasteiger partial charge < -0.3 is 24.8 Å². The molecule has 1 aromatic carbocycles. The molecule has 0 radical (unpaired) electrons. The monoisotopic (exact) mass is 324 g/mol. The number of nitrogens with one attached hydrogen (secondary N) is 2. The van der Waals surface area contributed by atoms with Crippen LogP contribution in [0, 0.1) is 0 Å². The Kier molecular flexibility index (Phi) is 7.00. The summed E-state index contributed by atoms with van der Waals surface area (Å²) in [6.07, 6.45) is -0.420. The lowest BCUT2D eigenvalue weighted by Crippen LogP contribution is -2.38. The average Bonchev–Trinajstić information content (AvgIpc) is 2.44. The molecule has 0 fully saturated rings. The average molecular weight is 324 g/mol. The number of alkyl carbamates (subject to hydrolysis) is 1. The molecular formula is C17H28N2O4. The van der Waals surface area contributed by atoms with E-state index in [1.807, 2.05) is 52.8 Å². The molecule has 0 aromatic heterocycles. The fraction of sp³-hybridized carbons (Fsp3) is 0.588. The van der Waals surface area contributed by atoms with Crippen LogP contribution < -0.4 is 20.1 Å². The second-order valence-electron chi connectivity index (χ2n) is 6.23. The molecule has 1 aromatic rings. The molecule has 1 atom stereocenters. The molecule has 0 heterocycles. The van der Waals surface area contributed by atoms with Crippen LogP contribution in [0.1, 0.15) is 34.6 Å². The van der Waals surface area contributed by atoms with Crippen molar-refractivity contribution >= 4 is 11.8 Å². The maximum atomic E-state index is 11.6. The largest absolute Gasteiger partial charge is 0.493 e. The van der Waals surface area contributed by atoms with Crippen LogP contribution in [0.5, 0.6) is 11.5 Å². The van der Waals surface area contributed by atoms with Crippen LogP contribution in [0.3, 0.4) is 0 Å².